The summed E-state index contributed by atoms with van der Waals surface area (Å²) in [4.78, 5) is 28.2. The highest BCUT2D eigenvalue weighted by Crippen LogP contribution is 2.18. The minimum atomic E-state index is -1.07. The summed E-state index contributed by atoms with van der Waals surface area (Å²) in [6, 6.07) is 10.2. The fourth-order valence-electron chi connectivity index (χ4n) is 1.90. The molecule has 0 saturated heterocycles. The van der Waals surface area contributed by atoms with Crippen molar-refractivity contribution in [1.82, 2.24) is 9.88 Å². The van der Waals surface area contributed by atoms with E-state index in [1.54, 1.807) is 12.1 Å². The minimum Gasteiger partial charge on any atom is -0.361 e. The number of aromatic nitrogens is 1. The second-order valence-electron chi connectivity index (χ2n) is 4.59. The van der Waals surface area contributed by atoms with Crippen LogP contribution in [0.5, 0.6) is 0 Å². The molecule has 5 nitrogen and oxygen atoms in total. The first-order valence-corrected chi connectivity index (χ1v) is 6.77. The van der Waals surface area contributed by atoms with Crippen LogP contribution in [-0.2, 0) is 22.7 Å². The van der Waals surface area contributed by atoms with Gasteiger partial charge in [-0.3, -0.25) is 14.6 Å². The first-order valence-electron chi connectivity index (χ1n) is 6.40. The highest BCUT2D eigenvalue weighted by molar-refractivity contribution is 6.34. The topological polar surface area (TPSA) is 76.3 Å². The molecule has 0 bridgehead atoms. The number of carbonyl (C=O) groups is 2. The first kappa shape index (κ1) is 15.9. The molecular weight excluding hydrogens is 309 g/mol. The van der Waals surface area contributed by atoms with Gasteiger partial charge in [0.15, 0.2) is 0 Å². The third-order valence-corrected chi connectivity index (χ3v) is 3.27. The van der Waals surface area contributed by atoms with E-state index >= 15 is 0 Å². The molecule has 22 heavy (non-hydrogen) atoms. The van der Waals surface area contributed by atoms with Crippen molar-refractivity contribution in [2.75, 3.05) is 0 Å². The van der Waals surface area contributed by atoms with Crippen LogP contribution in [0.3, 0.4) is 0 Å². The third kappa shape index (κ3) is 4.02. The molecule has 0 aliphatic rings. The van der Waals surface area contributed by atoms with Crippen LogP contribution >= 0.6 is 11.6 Å². The van der Waals surface area contributed by atoms with Gasteiger partial charge in [0.05, 0.1) is 23.5 Å². The van der Waals surface area contributed by atoms with Crippen LogP contribution in [0, 0.1) is 5.82 Å². The molecule has 1 aromatic carbocycles. The number of hydrogen-bond acceptors (Lipinski definition) is 3. The molecule has 2 rings (SSSR count). The second-order valence-corrected chi connectivity index (χ2v) is 5.00. The van der Waals surface area contributed by atoms with Crippen molar-refractivity contribution in [3.8, 4) is 0 Å². The molecule has 114 valence electrons. The Balaban J connectivity index is 2.24. The Hall–Kier alpha value is -2.47. The standard InChI is InChI=1S/C15H13ClFN3O2/c16-12-6-11(17)7-19-13(12)9-20(15(22)14(18)21)8-10-4-2-1-3-5-10/h1-7H,8-9H2,(H2,18,21). The van der Waals surface area contributed by atoms with Crippen molar-refractivity contribution in [2.24, 2.45) is 5.73 Å². The molecule has 0 unspecified atom stereocenters. The fourth-order valence-corrected chi connectivity index (χ4v) is 2.11. The van der Waals surface area contributed by atoms with Gasteiger partial charge >= 0.3 is 11.8 Å². The van der Waals surface area contributed by atoms with Crippen LogP contribution in [0.15, 0.2) is 42.6 Å². The number of primary amides is 1. The number of pyridine rings is 1. The number of nitrogens with two attached hydrogens (primary N) is 1. The van der Waals surface area contributed by atoms with E-state index < -0.39 is 17.6 Å². The maximum Gasteiger partial charge on any atom is 0.312 e. The van der Waals surface area contributed by atoms with Gasteiger partial charge in [-0.15, -0.1) is 0 Å². The van der Waals surface area contributed by atoms with Crippen molar-refractivity contribution in [3.05, 3.63) is 64.7 Å². The van der Waals surface area contributed by atoms with Crippen molar-refractivity contribution >= 4 is 23.4 Å². The number of carbonyl (C=O) groups excluding carboxylic acids is 2. The van der Waals surface area contributed by atoms with Crippen molar-refractivity contribution in [3.63, 3.8) is 0 Å². The van der Waals surface area contributed by atoms with Crippen LogP contribution in [0.1, 0.15) is 11.3 Å². The van der Waals surface area contributed by atoms with Gasteiger partial charge in [-0.2, -0.15) is 0 Å². The molecule has 0 aliphatic heterocycles. The average Bonchev–Trinajstić information content (AvgIpc) is 2.49. The monoisotopic (exact) mass is 321 g/mol. The number of hydrogen-bond donors (Lipinski definition) is 1. The number of benzene rings is 1. The van der Waals surface area contributed by atoms with Gasteiger partial charge in [0, 0.05) is 6.54 Å². The Morgan fingerprint density at radius 2 is 1.91 bits per heavy atom. The lowest BCUT2D eigenvalue weighted by atomic mass is 10.2. The summed E-state index contributed by atoms with van der Waals surface area (Å²) in [5.41, 5.74) is 6.16. The molecule has 2 N–H and O–H groups in total. The Bertz CT molecular complexity index is 694. The summed E-state index contributed by atoms with van der Waals surface area (Å²) in [5, 5.41) is 0.0790. The Labute approximate surface area is 131 Å². The van der Waals surface area contributed by atoms with Crippen LogP contribution in [0.25, 0.3) is 0 Å². The Morgan fingerprint density at radius 1 is 1.23 bits per heavy atom. The van der Waals surface area contributed by atoms with Crippen LogP contribution in [0.2, 0.25) is 5.02 Å². The summed E-state index contributed by atoms with van der Waals surface area (Å²) < 4.78 is 13.0. The molecule has 1 heterocycles. The zero-order valence-corrected chi connectivity index (χ0v) is 12.3. The lowest BCUT2D eigenvalue weighted by Crippen LogP contribution is -2.39. The van der Waals surface area contributed by atoms with Crippen LogP contribution < -0.4 is 5.73 Å². The smallest absolute Gasteiger partial charge is 0.312 e. The Morgan fingerprint density at radius 3 is 2.50 bits per heavy atom. The molecule has 0 fully saturated rings. The van der Waals surface area contributed by atoms with Crippen molar-refractivity contribution in [1.29, 1.82) is 0 Å². The molecule has 7 heteroatoms. The van der Waals surface area contributed by atoms with E-state index in [-0.39, 0.29) is 23.8 Å². The van der Waals surface area contributed by atoms with Crippen LogP contribution in [0.4, 0.5) is 4.39 Å². The molecule has 0 spiro atoms. The van der Waals surface area contributed by atoms with Gasteiger partial charge in [0.2, 0.25) is 0 Å². The highest BCUT2D eigenvalue weighted by Gasteiger charge is 2.21. The van der Waals surface area contributed by atoms with Gasteiger partial charge in [-0.05, 0) is 11.6 Å². The lowest BCUT2D eigenvalue weighted by molar-refractivity contribution is -0.145. The van der Waals surface area contributed by atoms with E-state index in [4.69, 9.17) is 17.3 Å². The second kappa shape index (κ2) is 7.00. The van der Waals surface area contributed by atoms with E-state index in [1.165, 1.54) is 4.90 Å². The molecule has 2 amide bonds. The molecule has 0 radical (unpaired) electrons. The van der Waals surface area contributed by atoms with E-state index in [9.17, 15) is 14.0 Å². The highest BCUT2D eigenvalue weighted by atomic mass is 35.5. The van der Waals surface area contributed by atoms with Gasteiger partial charge < -0.3 is 10.6 Å². The van der Waals surface area contributed by atoms with Crippen LogP contribution in [-0.4, -0.2) is 21.7 Å². The quantitative estimate of drug-likeness (QED) is 0.874. The van der Waals surface area contributed by atoms with Crippen molar-refractivity contribution in [2.45, 2.75) is 13.1 Å². The zero-order valence-electron chi connectivity index (χ0n) is 11.5. The summed E-state index contributed by atoms with van der Waals surface area (Å²) in [7, 11) is 0. The SMILES string of the molecule is NC(=O)C(=O)N(Cc1ccccc1)Cc1ncc(F)cc1Cl. The molecular formula is C15H13ClFN3O2. The van der Waals surface area contributed by atoms with Gasteiger partial charge in [0.1, 0.15) is 5.82 Å². The predicted octanol–water partition coefficient (Wildman–Crippen LogP) is 1.89. The first-order chi connectivity index (χ1) is 10.5. The number of halogens is 2. The summed E-state index contributed by atoms with van der Waals surface area (Å²) in [6.45, 7) is 0.119. The summed E-state index contributed by atoms with van der Waals surface area (Å²) in [5.74, 6) is -2.51. The molecule has 0 atom stereocenters. The summed E-state index contributed by atoms with van der Waals surface area (Å²) >= 11 is 5.90. The molecule has 2 aromatic rings. The van der Waals surface area contributed by atoms with Gasteiger partial charge in [-0.1, -0.05) is 41.9 Å². The largest absolute Gasteiger partial charge is 0.361 e. The third-order valence-electron chi connectivity index (χ3n) is 2.94. The Kier molecular flexibility index (Phi) is 5.06. The normalized spacial score (nSPS) is 10.3. The van der Waals surface area contributed by atoms with E-state index in [1.807, 2.05) is 18.2 Å². The number of nitrogens with zero attached hydrogens (tertiary/aromatic N) is 2. The molecule has 0 aliphatic carbocycles. The molecule has 1 aromatic heterocycles. The zero-order chi connectivity index (χ0) is 16.1. The van der Waals surface area contributed by atoms with E-state index in [0.717, 1.165) is 17.8 Å². The lowest BCUT2D eigenvalue weighted by Gasteiger charge is -2.21. The minimum absolute atomic E-state index is 0.0459. The maximum atomic E-state index is 13.0. The van der Waals surface area contributed by atoms with Gasteiger partial charge in [0.25, 0.3) is 0 Å². The number of rotatable bonds is 4. The van der Waals surface area contributed by atoms with Crippen molar-refractivity contribution < 1.29 is 14.0 Å². The summed E-state index contributed by atoms with van der Waals surface area (Å²) in [6.07, 6.45) is 0.997. The molecule has 0 saturated carbocycles. The van der Waals surface area contributed by atoms with E-state index in [0.29, 0.717) is 0 Å². The van der Waals surface area contributed by atoms with E-state index in [2.05, 4.69) is 4.98 Å². The average molecular weight is 322 g/mol. The maximum absolute atomic E-state index is 13.0. The predicted molar refractivity (Wildman–Crippen MR) is 79.1 cm³/mol. The number of amides is 2. The van der Waals surface area contributed by atoms with Gasteiger partial charge in [-0.25, -0.2) is 4.39 Å². The fraction of sp³-hybridized carbons (Fsp3) is 0.133.